The molecule has 0 radical (unpaired) electrons. The lowest BCUT2D eigenvalue weighted by atomic mass is 10.0. The molecular weight excluding hydrogens is 298 g/mol. The second-order valence-corrected chi connectivity index (χ2v) is 6.25. The summed E-state index contributed by atoms with van der Waals surface area (Å²) in [6.45, 7) is 7.96. The quantitative estimate of drug-likeness (QED) is 0.699. The Balaban J connectivity index is 2.15. The fraction of sp³-hybridized carbons (Fsp3) is 0.300. The van der Waals surface area contributed by atoms with Crippen molar-refractivity contribution in [3.63, 3.8) is 0 Å². The average molecular weight is 319 g/mol. The van der Waals surface area contributed by atoms with Crippen LogP contribution in [0, 0.1) is 18.3 Å². The van der Waals surface area contributed by atoms with Gasteiger partial charge in [0.25, 0.3) is 0 Å². The number of aromatic nitrogens is 2. The van der Waals surface area contributed by atoms with E-state index in [1.807, 2.05) is 70.2 Å². The number of hydrogen-bond donors (Lipinski definition) is 0. The molecule has 0 bridgehead atoms. The molecule has 122 valence electrons. The lowest BCUT2D eigenvalue weighted by molar-refractivity contribution is 0.242. The van der Waals surface area contributed by atoms with Crippen LogP contribution in [-0.4, -0.2) is 15.5 Å². The monoisotopic (exact) mass is 319 g/mol. The third kappa shape index (κ3) is 2.85. The van der Waals surface area contributed by atoms with E-state index in [0.29, 0.717) is 0 Å². The van der Waals surface area contributed by atoms with Crippen LogP contribution < -0.4 is 4.74 Å². The first kappa shape index (κ1) is 16.1. The van der Waals surface area contributed by atoms with Gasteiger partial charge in [0.15, 0.2) is 0 Å². The first-order valence-electron chi connectivity index (χ1n) is 8.16. The largest absolute Gasteiger partial charge is 0.491 e. The third-order valence-corrected chi connectivity index (χ3v) is 3.98. The second kappa shape index (κ2) is 6.37. The number of pyridine rings is 1. The zero-order chi connectivity index (χ0) is 17.3. The maximum atomic E-state index is 9.46. The Kier molecular flexibility index (Phi) is 4.26. The molecule has 0 aliphatic heterocycles. The number of imidazole rings is 1. The number of ether oxygens (including phenoxy) is 1. The Morgan fingerprint density at radius 1 is 1.08 bits per heavy atom. The predicted molar refractivity (Wildman–Crippen MR) is 95.2 cm³/mol. The van der Waals surface area contributed by atoms with Crippen LogP contribution in [0.2, 0.25) is 0 Å². The summed E-state index contributed by atoms with van der Waals surface area (Å²) in [6.07, 6.45) is 0.142. The van der Waals surface area contributed by atoms with Gasteiger partial charge in [-0.15, -0.1) is 0 Å². The normalized spacial score (nSPS) is 12.3. The number of hydrogen-bond acceptors (Lipinski definition) is 3. The summed E-state index contributed by atoms with van der Waals surface area (Å²) in [5.41, 5.74) is 4.72. The van der Waals surface area contributed by atoms with Crippen molar-refractivity contribution in [3.8, 4) is 23.1 Å². The minimum Gasteiger partial charge on any atom is -0.491 e. The maximum absolute atomic E-state index is 9.46. The lowest BCUT2D eigenvalue weighted by Crippen LogP contribution is -2.05. The fourth-order valence-electron chi connectivity index (χ4n) is 2.92. The van der Waals surface area contributed by atoms with E-state index in [1.165, 1.54) is 0 Å². The third-order valence-electron chi connectivity index (χ3n) is 3.98. The van der Waals surface area contributed by atoms with Crippen LogP contribution >= 0.6 is 0 Å². The zero-order valence-corrected chi connectivity index (χ0v) is 14.4. The molecule has 0 saturated carbocycles. The summed E-state index contributed by atoms with van der Waals surface area (Å²) in [4.78, 5) is 4.77. The molecule has 4 nitrogen and oxygen atoms in total. The van der Waals surface area contributed by atoms with Crippen molar-refractivity contribution in [2.75, 3.05) is 0 Å². The van der Waals surface area contributed by atoms with E-state index < -0.39 is 0 Å². The van der Waals surface area contributed by atoms with Crippen molar-refractivity contribution in [3.05, 3.63) is 53.9 Å². The molecular formula is C20H21N3O. The first-order valence-corrected chi connectivity index (χ1v) is 8.16. The maximum Gasteiger partial charge on any atom is 0.137 e. The van der Waals surface area contributed by atoms with Gasteiger partial charge in [0.2, 0.25) is 0 Å². The van der Waals surface area contributed by atoms with Crippen LogP contribution in [0.3, 0.4) is 0 Å². The van der Waals surface area contributed by atoms with Crippen LogP contribution in [0.5, 0.6) is 5.75 Å². The minimum absolute atomic E-state index is 0.142. The first-order chi connectivity index (χ1) is 11.5. The van der Waals surface area contributed by atoms with Gasteiger partial charge in [-0.25, -0.2) is 4.98 Å². The molecule has 24 heavy (non-hydrogen) atoms. The number of rotatable bonds is 4. The standard InChI is InChI=1S/C20H21N3O/c1-13(2)24-17-10-8-16(9-11-17)19-20(14(3)12-21)23-15(4)6-5-7-18(23)22-19/h5-11,13-14H,1-4H3. The smallest absolute Gasteiger partial charge is 0.137 e. The highest BCUT2D eigenvalue weighted by molar-refractivity contribution is 5.68. The summed E-state index contributed by atoms with van der Waals surface area (Å²) in [7, 11) is 0. The molecule has 0 fully saturated rings. The second-order valence-electron chi connectivity index (χ2n) is 6.25. The van der Waals surface area contributed by atoms with E-state index in [9.17, 15) is 5.26 Å². The Morgan fingerprint density at radius 3 is 2.42 bits per heavy atom. The molecule has 3 rings (SSSR count). The van der Waals surface area contributed by atoms with Gasteiger partial charge in [0, 0.05) is 11.3 Å². The van der Waals surface area contributed by atoms with Crippen molar-refractivity contribution in [1.82, 2.24) is 9.38 Å². The van der Waals surface area contributed by atoms with Gasteiger partial charge in [-0.1, -0.05) is 6.07 Å². The van der Waals surface area contributed by atoms with Gasteiger partial charge < -0.3 is 4.74 Å². The molecule has 1 atom stereocenters. The van der Waals surface area contributed by atoms with E-state index in [-0.39, 0.29) is 12.0 Å². The molecule has 0 saturated heterocycles. The zero-order valence-electron chi connectivity index (χ0n) is 14.4. The van der Waals surface area contributed by atoms with E-state index in [1.54, 1.807) is 0 Å². The van der Waals surface area contributed by atoms with Gasteiger partial charge in [0.05, 0.1) is 29.5 Å². The molecule has 1 aromatic carbocycles. The van der Waals surface area contributed by atoms with Crippen LogP contribution in [-0.2, 0) is 0 Å². The van der Waals surface area contributed by atoms with E-state index in [0.717, 1.165) is 34.0 Å². The molecule has 0 N–H and O–H groups in total. The molecule has 1 unspecified atom stereocenters. The van der Waals surface area contributed by atoms with E-state index in [2.05, 4.69) is 10.5 Å². The molecule has 3 aromatic rings. The number of aryl methyl sites for hydroxylation is 1. The molecule has 0 spiro atoms. The number of fused-ring (bicyclic) bond motifs is 1. The summed E-state index contributed by atoms with van der Waals surface area (Å²) in [5, 5.41) is 9.46. The number of benzene rings is 1. The predicted octanol–water partition coefficient (Wildman–Crippen LogP) is 4.72. The van der Waals surface area contributed by atoms with Crippen LogP contribution in [0.25, 0.3) is 16.9 Å². The van der Waals surface area contributed by atoms with Crippen molar-refractivity contribution in [2.24, 2.45) is 0 Å². The Morgan fingerprint density at radius 2 is 1.79 bits per heavy atom. The van der Waals surface area contributed by atoms with Gasteiger partial charge in [-0.2, -0.15) is 5.26 Å². The highest BCUT2D eigenvalue weighted by atomic mass is 16.5. The van der Waals surface area contributed by atoms with Crippen molar-refractivity contribution < 1.29 is 4.74 Å². The molecule has 4 heteroatoms. The molecule has 0 aliphatic rings. The SMILES string of the molecule is Cc1cccc2nc(-c3ccc(OC(C)C)cc3)c(C(C)C#N)n12. The Labute approximate surface area is 142 Å². The van der Waals surface area contributed by atoms with Crippen LogP contribution in [0.15, 0.2) is 42.5 Å². The highest BCUT2D eigenvalue weighted by Crippen LogP contribution is 2.31. The highest BCUT2D eigenvalue weighted by Gasteiger charge is 2.20. The van der Waals surface area contributed by atoms with Gasteiger partial charge in [-0.3, -0.25) is 4.40 Å². The van der Waals surface area contributed by atoms with Crippen molar-refractivity contribution in [1.29, 1.82) is 5.26 Å². The van der Waals surface area contributed by atoms with Gasteiger partial charge in [-0.05, 0) is 64.1 Å². The van der Waals surface area contributed by atoms with Crippen molar-refractivity contribution >= 4 is 5.65 Å². The lowest BCUT2D eigenvalue weighted by Gasteiger charge is -2.11. The molecule has 2 aromatic heterocycles. The summed E-state index contributed by atoms with van der Waals surface area (Å²) >= 11 is 0. The molecule has 2 heterocycles. The van der Waals surface area contributed by atoms with Crippen LogP contribution in [0.1, 0.15) is 38.1 Å². The fourth-order valence-corrected chi connectivity index (χ4v) is 2.92. The van der Waals surface area contributed by atoms with E-state index in [4.69, 9.17) is 9.72 Å². The number of nitrogens with zero attached hydrogens (tertiary/aromatic N) is 3. The minimum atomic E-state index is -0.248. The topological polar surface area (TPSA) is 50.3 Å². The number of nitriles is 1. The average Bonchev–Trinajstić information content (AvgIpc) is 2.95. The molecule has 0 aliphatic carbocycles. The Bertz CT molecular complexity index is 901. The van der Waals surface area contributed by atoms with E-state index >= 15 is 0 Å². The summed E-state index contributed by atoms with van der Waals surface area (Å²) in [6, 6.07) is 16.3. The van der Waals surface area contributed by atoms with Gasteiger partial charge in [0.1, 0.15) is 11.4 Å². The van der Waals surface area contributed by atoms with Gasteiger partial charge >= 0.3 is 0 Å². The Hall–Kier alpha value is -2.80. The summed E-state index contributed by atoms with van der Waals surface area (Å²) < 4.78 is 7.78. The van der Waals surface area contributed by atoms with Crippen LogP contribution in [0.4, 0.5) is 0 Å². The summed E-state index contributed by atoms with van der Waals surface area (Å²) in [5.74, 6) is 0.589. The molecule has 0 amide bonds. The van der Waals surface area contributed by atoms with Crippen molar-refractivity contribution in [2.45, 2.75) is 39.7 Å².